The van der Waals surface area contributed by atoms with Crippen molar-refractivity contribution in [2.45, 2.75) is 18.8 Å². The van der Waals surface area contributed by atoms with E-state index in [-0.39, 0.29) is 0 Å². The van der Waals surface area contributed by atoms with Crippen molar-refractivity contribution in [3.05, 3.63) is 29.3 Å². The summed E-state index contributed by atoms with van der Waals surface area (Å²) >= 11 is 0. The summed E-state index contributed by atoms with van der Waals surface area (Å²) in [7, 11) is 3.71. The number of ether oxygens (including phenoxy) is 2. The summed E-state index contributed by atoms with van der Waals surface area (Å²) < 4.78 is 10.8. The van der Waals surface area contributed by atoms with Gasteiger partial charge in [0.05, 0.1) is 13.7 Å². The van der Waals surface area contributed by atoms with Crippen molar-refractivity contribution < 1.29 is 9.47 Å². The molecule has 0 spiro atoms. The number of methoxy groups -OCH3 is 1. The van der Waals surface area contributed by atoms with Gasteiger partial charge in [0.15, 0.2) is 0 Å². The van der Waals surface area contributed by atoms with Crippen LogP contribution < -0.4 is 10.1 Å². The number of benzene rings is 1. The lowest BCUT2D eigenvalue weighted by molar-refractivity contribution is 0.194. The normalized spacial score (nSPS) is 19.5. The standard InChI is InChI=1S/C14H21NO2/c1-15-7-5-12-9-11(3-4-14(12)16-2)13-6-8-17-10-13/h3-4,9,13,15H,5-8,10H2,1-2H3. The van der Waals surface area contributed by atoms with E-state index >= 15 is 0 Å². The van der Waals surface area contributed by atoms with Crippen LogP contribution in [0.1, 0.15) is 23.5 Å². The average Bonchev–Trinajstić information content (AvgIpc) is 2.89. The fraction of sp³-hybridized carbons (Fsp3) is 0.571. The smallest absolute Gasteiger partial charge is 0.122 e. The third-order valence-corrected chi connectivity index (χ3v) is 3.35. The van der Waals surface area contributed by atoms with Crippen molar-refractivity contribution in [3.8, 4) is 5.75 Å². The second kappa shape index (κ2) is 6.03. The minimum Gasteiger partial charge on any atom is -0.496 e. The zero-order valence-corrected chi connectivity index (χ0v) is 10.7. The van der Waals surface area contributed by atoms with Crippen LogP contribution in [0.2, 0.25) is 0 Å². The Kier molecular flexibility index (Phi) is 4.40. The second-order valence-corrected chi connectivity index (χ2v) is 4.49. The molecule has 0 saturated carbocycles. The number of hydrogen-bond acceptors (Lipinski definition) is 3. The van der Waals surface area contributed by atoms with Crippen LogP contribution in [0.15, 0.2) is 18.2 Å². The van der Waals surface area contributed by atoms with Gasteiger partial charge in [0, 0.05) is 12.5 Å². The highest BCUT2D eigenvalue weighted by Gasteiger charge is 2.18. The van der Waals surface area contributed by atoms with E-state index in [1.165, 1.54) is 11.1 Å². The molecule has 0 radical (unpaired) electrons. The summed E-state index contributed by atoms with van der Waals surface area (Å²) in [6.07, 6.45) is 2.14. The molecule has 17 heavy (non-hydrogen) atoms. The van der Waals surface area contributed by atoms with E-state index in [1.807, 2.05) is 7.05 Å². The predicted molar refractivity (Wildman–Crippen MR) is 68.8 cm³/mol. The molecule has 1 aliphatic rings. The molecular formula is C14H21NO2. The highest BCUT2D eigenvalue weighted by Crippen LogP contribution is 2.29. The highest BCUT2D eigenvalue weighted by atomic mass is 16.5. The van der Waals surface area contributed by atoms with Crippen LogP contribution in [0, 0.1) is 0 Å². The topological polar surface area (TPSA) is 30.5 Å². The summed E-state index contributed by atoms with van der Waals surface area (Å²) in [5.74, 6) is 1.55. The third kappa shape index (κ3) is 2.99. The highest BCUT2D eigenvalue weighted by molar-refractivity contribution is 5.39. The van der Waals surface area contributed by atoms with Crippen LogP contribution in [0.3, 0.4) is 0 Å². The minimum atomic E-state index is 0.564. The number of nitrogens with one attached hydrogen (secondary N) is 1. The van der Waals surface area contributed by atoms with E-state index in [1.54, 1.807) is 7.11 Å². The van der Waals surface area contributed by atoms with Gasteiger partial charge in [-0.05, 0) is 43.6 Å². The molecule has 0 bridgehead atoms. The van der Waals surface area contributed by atoms with E-state index in [2.05, 4.69) is 23.5 Å². The first-order valence-corrected chi connectivity index (χ1v) is 6.24. The molecule has 1 heterocycles. The Morgan fingerprint density at radius 3 is 3.00 bits per heavy atom. The van der Waals surface area contributed by atoms with Gasteiger partial charge in [-0.15, -0.1) is 0 Å². The maximum atomic E-state index is 5.45. The molecule has 3 heteroatoms. The summed E-state index contributed by atoms with van der Waals surface area (Å²) in [6, 6.07) is 6.52. The largest absolute Gasteiger partial charge is 0.496 e. The molecule has 1 aliphatic heterocycles. The summed E-state index contributed by atoms with van der Waals surface area (Å²) in [5.41, 5.74) is 2.67. The Bertz CT molecular complexity index is 359. The lowest BCUT2D eigenvalue weighted by atomic mass is 9.95. The van der Waals surface area contributed by atoms with Crippen LogP contribution in [0.25, 0.3) is 0 Å². The van der Waals surface area contributed by atoms with Gasteiger partial charge in [-0.3, -0.25) is 0 Å². The average molecular weight is 235 g/mol. The van der Waals surface area contributed by atoms with E-state index in [0.29, 0.717) is 5.92 Å². The molecule has 3 nitrogen and oxygen atoms in total. The molecule has 1 unspecified atom stereocenters. The van der Waals surface area contributed by atoms with Crippen LogP contribution in [-0.2, 0) is 11.2 Å². The Morgan fingerprint density at radius 2 is 2.35 bits per heavy atom. The van der Waals surface area contributed by atoms with Crippen LogP contribution in [-0.4, -0.2) is 33.9 Å². The molecule has 0 amide bonds. The maximum Gasteiger partial charge on any atom is 0.122 e. The Morgan fingerprint density at radius 1 is 1.47 bits per heavy atom. The number of hydrogen-bond donors (Lipinski definition) is 1. The number of rotatable bonds is 5. The van der Waals surface area contributed by atoms with E-state index in [9.17, 15) is 0 Å². The van der Waals surface area contributed by atoms with Crippen molar-refractivity contribution in [2.24, 2.45) is 0 Å². The van der Waals surface area contributed by atoms with Gasteiger partial charge < -0.3 is 14.8 Å². The molecule has 94 valence electrons. The van der Waals surface area contributed by atoms with Crippen molar-refractivity contribution >= 4 is 0 Å². The van der Waals surface area contributed by atoms with Gasteiger partial charge in [-0.1, -0.05) is 12.1 Å². The van der Waals surface area contributed by atoms with Crippen molar-refractivity contribution in [1.82, 2.24) is 5.32 Å². The first kappa shape index (κ1) is 12.4. The van der Waals surface area contributed by atoms with Crippen LogP contribution >= 0.6 is 0 Å². The van der Waals surface area contributed by atoms with E-state index in [4.69, 9.17) is 9.47 Å². The first-order chi connectivity index (χ1) is 8.35. The molecule has 1 fully saturated rings. The maximum absolute atomic E-state index is 5.45. The quantitative estimate of drug-likeness (QED) is 0.846. The Hall–Kier alpha value is -1.06. The predicted octanol–water partition coefficient (Wildman–Crippen LogP) is 1.96. The molecular weight excluding hydrogens is 214 g/mol. The van der Waals surface area contributed by atoms with Gasteiger partial charge in [0.2, 0.25) is 0 Å². The van der Waals surface area contributed by atoms with Crippen molar-refractivity contribution in [2.75, 3.05) is 33.9 Å². The first-order valence-electron chi connectivity index (χ1n) is 6.24. The Labute approximate surface area is 103 Å². The van der Waals surface area contributed by atoms with Gasteiger partial charge in [0.25, 0.3) is 0 Å². The lowest BCUT2D eigenvalue weighted by Gasteiger charge is -2.13. The molecule has 1 saturated heterocycles. The van der Waals surface area contributed by atoms with Crippen molar-refractivity contribution in [1.29, 1.82) is 0 Å². The lowest BCUT2D eigenvalue weighted by Crippen LogP contribution is -2.11. The number of likely N-dealkylation sites (N-methyl/N-ethyl adjacent to an activating group) is 1. The van der Waals surface area contributed by atoms with Gasteiger partial charge in [-0.25, -0.2) is 0 Å². The van der Waals surface area contributed by atoms with Crippen LogP contribution in [0.4, 0.5) is 0 Å². The molecule has 2 rings (SSSR count). The fourth-order valence-corrected chi connectivity index (χ4v) is 2.30. The molecule has 0 aliphatic carbocycles. The van der Waals surface area contributed by atoms with E-state index < -0.39 is 0 Å². The van der Waals surface area contributed by atoms with Crippen molar-refractivity contribution in [3.63, 3.8) is 0 Å². The molecule has 0 aromatic heterocycles. The summed E-state index contributed by atoms with van der Waals surface area (Å²) in [4.78, 5) is 0. The summed E-state index contributed by atoms with van der Waals surface area (Å²) in [5, 5.41) is 3.18. The molecule has 1 aromatic rings. The summed E-state index contributed by atoms with van der Waals surface area (Å²) in [6.45, 7) is 2.72. The molecule has 1 N–H and O–H groups in total. The zero-order chi connectivity index (χ0) is 12.1. The minimum absolute atomic E-state index is 0.564. The monoisotopic (exact) mass is 235 g/mol. The van der Waals surface area contributed by atoms with Gasteiger partial charge >= 0.3 is 0 Å². The van der Waals surface area contributed by atoms with E-state index in [0.717, 1.165) is 38.3 Å². The second-order valence-electron chi connectivity index (χ2n) is 4.49. The third-order valence-electron chi connectivity index (χ3n) is 3.35. The van der Waals surface area contributed by atoms with Crippen LogP contribution in [0.5, 0.6) is 5.75 Å². The van der Waals surface area contributed by atoms with Gasteiger partial charge in [0.1, 0.15) is 5.75 Å². The Balaban J connectivity index is 2.17. The fourth-order valence-electron chi connectivity index (χ4n) is 2.30. The SMILES string of the molecule is CNCCc1cc(C2CCOC2)ccc1OC. The molecule has 1 aromatic carbocycles. The molecule has 1 atom stereocenters. The van der Waals surface area contributed by atoms with Gasteiger partial charge in [-0.2, -0.15) is 0 Å². The zero-order valence-electron chi connectivity index (χ0n) is 10.7.